The molecule has 9 aromatic carbocycles. The van der Waals surface area contributed by atoms with Crippen LogP contribution in [0.5, 0.6) is 0 Å². The number of hydrogen-bond donors (Lipinski definition) is 2. The van der Waals surface area contributed by atoms with Crippen LogP contribution in [-0.4, -0.2) is 25.0 Å². The van der Waals surface area contributed by atoms with Gasteiger partial charge in [-0.25, -0.2) is 0 Å². The van der Waals surface area contributed by atoms with E-state index in [1.807, 2.05) is 84.6 Å². The minimum atomic E-state index is -3.67. The van der Waals surface area contributed by atoms with Gasteiger partial charge in [0.1, 0.15) is 0 Å². The molecule has 0 unspecified atom stereocenters. The first kappa shape index (κ1) is 42.1. The molecule has 9 aromatic rings. The second-order valence-electron chi connectivity index (χ2n) is 15.0. The van der Waals surface area contributed by atoms with E-state index < -0.39 is 10.1 Å². The third kappa shape index (κ3) is 7.76. The van der Waals surface area contributed by atoms with E-state index in [1.165, 1.54) is 53.9 Å². The van der Waals surface area contributed by atoms with Crippen molar-refractivity contribution in [1.82, 2.24) is 0 Å². The predicted molar refractivity (Wildman–Crippen MR) is 267 cm³/mol. The monoisotopic (exact) mass is 993 g/mol. The maximum atomic E-state index is 12.6. The summed E-state index contributed by atoms with van der Waals surface area (Å²) in [6.07, 6.45) is 0.715. The Hall–Kier alpha value is -5.26. The maximum absolute atomic E-state index is 12.6. The van der Waals surface area contributed by atoms with Gasteiger partial charge < -0.3 is 0 Å². The van der Waals surface area contributed by atoms with Crippen molar-refractivity contribution in [3.63, 3.8) is 0 Å². The van der Waals surface area contributed by atoms with Gasteiger partial charge in [0.15, 0.2) is 5.78 Å². The number of thiol groups is 1. The van der Waals surface area contributed by atoms with Gasteiger partial charge in [0.25, 0.3) is 10.1 Å². The van der Waals surface area contributed by atoms with Crippen LogP contribution in [0, 0.1) is 0 Å². The molecular weight excluding hydrogens is 957 g/mol. The third-order valence-electron chi connectivity index (χ3n) is 11.2. The van der Waals surface area contributed by atoms with Crippen LogP contribution in [0.4, 0.5) is 0 Å². The maximum Gasteiger partial charge on any atom is 0.261 e. The van der Waals surface area contributed by atoms with Crippen molar-refractivity contribution < 1.29 is 19.2 Å². The number of benzene rings is 9. The highest BCUT2D eigenvalue weighted by molar-refractivity contribution is 9.10. The Morgan fingerprint density at radius 1 is 0.532 bits per heavy atom. The number of fused-ring (bicyclic) bond motifs is 16. The van der Waals surface area contributed by atoms with Gasteiger partial charge in [-0.2, -0.15) is 8.42 Å². The van der Waals surface area contributed by atoms with E-state index in [4.69, 9.17) is 4.55 Å². The van der Waals surface area contributed by atoms with Crippen molar-refractivity contribution in [3.05, 3.63) is 230 Å². The van der Waals surface area contributed by atoms with Crippen LogP contribution in [0.25, 0.3) is 43.8 Å². The van der Waals surface area contributed by atoms with Gasteiger partial charge in [0.05, 0.1) is 11.7 Å². The highest BCUT2D eigenvalue weighted by atomic mass is 79.9. The molecule has 3 aliphatic rings. The van der Waals surface area contributed by atoms with Crippen molar-refractivity contribution in [3.8, 4) is 22.3 Å². The van der Waals surface area contributed by atoms with Crippen LogP contribution in [-0.2, 0) is 15.5 Å². The molecule has 0 atom stereocenters. The molecule has 1 N–H and O–H groups in total. The van der Waals surface area contributed by atoms with Crippen LogP contribution < -0.4 is 0 Å². The average molecular weight is 996 g/mol. The van der Waals surface area contributed by atoms with E-state index >= 15 is 0 Å². The number of carbonyl (C=O) groups is 1. The Morgan fingerprint density at radius 2 is 1.02 bits per heavy atom. The molecule has 2 aliphatic carbocycles. The molecule has 306 valence electrons. The molecule has 1 spiro atoms. The highest BCUT2D eigenvalue weighted by Crippen LogP contribution is 2.63. The number of hydrogen-bond acceptors (Lipinski definition) is 5. The molecule has 0 fully saturated rings. The first-order chi connectivity index (χ1) is 29.9. The van der Waals surface area contributed by atoms with E-state index in [0.717, 1.165) is 46.9 Å². The molecule has 0 amide bonds. The fourth-order valence-electron chi connectivity index (χ4n) is 8.89. The third-order valence-corrected chi connectivity index (χ3v) is 13.6. The molecule has 4 nitrogen and oxygen atoms in total. The molecule has 0 saturated carbocycles. The SMILES string of the molecule is Brc1ccc2c(c1)C1(c3ccccc3Sc3ccccc31)c1c-2ccc2ccccc12.CS(=O)(=O)O.O=C1c2cc(Br)ccc2-c2ccc3ccccc3c21.Sc1ccccc1.[2HH]. The minimum absolute atomic E-state index is 0. The number of halogens is 2. The van der Waals surface area contributed by atoms with E-state index in [0.29, 0.717) is 6.26 Å². The zero-order chi connectivity index (χ0) is 43.2. The van der Waals surface area contributed by atoms with E-state index in [2.05, 4.69) is 160 Å². The summed E-state index contributed by atoms with van der Waals surface area (Å²) in [7, 11) is -3.67. The summed E-state index contributed by atoms with van der Waals surface area (Å²) in [5, 5.41) is 4.78. The molecule has 0 radical (unpaired) electrons. The van der Waals surface area contributed by atoms with Crippen LogP contribution in [0.3, 0.4) is 0 Å². The molecule has 0 saturated heterocycles. The molecular formula is C53H38Br2O4S3. The van der Waals surface area contributed by atoms with Gasteiger partial charge >= 0.3 is 0 Å². The summed E-state index contributed by atoms with van der Waals surface area (Å²) in [4.78, 5) is 16.3. The molecule has 0 aromatic heterocycles. The summed E-state index contributed by atoms with van der Waals surface area (Å²) in [6.45, 7) is 0. The van der Waals surface area contributed by atoms with Gasteiger partial charge in [-0.1, -0.05) is 183 Å². The van der Waals surface area contributed by atoms with E-state index in [-0.39, 0.29) is 12.6 Å². The van der Waals surface area contributed by atoms with Crippen molar-refractivity contribution in [2.24, 2.45) is 0 Å². The second kappa shape index (κ2) is 17.1. The Kier molecular flexibility index (Phi) is 11.6. The number of ketones is 1. The predicted octanol–water partition coefficient (Wildman–Crippen LogP) is 15.0. The van der Waals surface area contributed by atoms with E-state index in [9.17, 15) is 13.2 Å². The Morgan fingerprint density at radius 3 is 1.63 bits per heavy atom. The van der Waals surface area contributed by atoms with Gasteiger partial charge in [-0.05, 0) is 115 Å². The fourth-order valence-corrected chi connectivity index (χ4v) is 11.0. The molecule has 1 heterocycles. The zero-order valence-corrected chi connectivity index (χ0v) is 38.8. The highest BCUT2D eigenvalue weighted by Gasteiger charge is 2.51. The second-order valence-corrected chi connectivity index (χ2v) is 19.9. The standard InChI is InChI=1S/C29H17BrS.C17H9BrO.C6H6S.CH4O3S.H2/c30-19-14-16-21-22-15-13-18-7-1-2-8-20(18)28(22)29(25(21)17-19)23-9-3-5-11-26(23)31-27-12-6-4-10-24(27)29;18-11-6-8-13-14-7-5-10-3-1-2-4-12(10)16(14)17(19)15(13)9-11;7-6-4-2-1-3-5-6;1-5(2,3)4;/h1-17H;1-9H;1-5,7H;1H3,(H,2,3,4);1H/i;;;;1+1. The average Bonchev–Trinajstić information content (AvgIpc) is 3.72. The Bertz CT molecular complexity index is 3290. The van der Waals surface area contributed by atoms with Gasteiger partial charge in [0.2, 0.25) is 0 Å². The molecule has 62 heavy (non-hydrogen) atoms. The lowest BCUT2D eigenvalue weighted by Gasteiger charge is -2.40. The topological polar surface area (TPSA) is 71.4 Å². The number of rotatable bonds is 0. The summed E-state index contributed by atoms with van der Waals surface area (Å²) >= 11 is 13.2. The lowest BCUT2D eigenvalue weighted by Crippen LogP contribution is -2.32. The van der Waals surface area contributed by atoms with Gasteiger partial charge in [0, 0.05) is 36.2 Å². The molecule has 1 aliphatic heterocycles. The normalized spacial score (nSPS) is 13.1. The first-order valence-electron chi connectivity index (χ1n) is 19.7. The lowest BCUT2D eigenvalue weighted by atomic mass is 9.66. The van der Waals surface area contributed by atoms with Crippen LogP contribution in [0.2, 0.25) is 0 Å². The van der Waals surface area contributed by atoms with Crippen molar-refractivity contribution in [1.29, 1.82) is 0 Å². The van der Waals surface area contributed by atoms with Crippen LogP contribution in [0.1, 0.15) is 39.6 Å². The summed E-state index contributed by atoms with van der Waals surface area (Å²) in [6, 6.07) is 66.0. The molecule has 12 rings (SSSR count). The van der Waals surface area contributed by atoms with Crippen LogP contribution >= 0.6 is 56.3 Å². The zero-order valence-electron chi connectivity index (χ0n) is 33.1. The summed E-state index contributed by atoms with van der Waals surface area (Å²) in [5.74, 6) is 0.128. The van der Waals surface area contributed by atoms with Crippen molar-refractivity contribution in [2.75, 3.05) is 6.26 Å². The van der Waals surface area contributed by atoms with Crippen molar-refractivity contribution >= 4 is 93.7 Å². The largest absolute Gasteiger partial charge is 0.289 e. The quantitative estimate of drug-likeness (QED) is 0.117. The summed E-state index contributed by atoms with van der Waals surface area (Å²) in [5.41, 5.74) is 11.6. The van der Waals surface area contributed by atoms with Gasteiger partial charge in [-0.3, -0.25) is 9.35 Å². The fraction of sp³-hybridized carbons (Fsp3) is 0.0377. The van der Waals surface area contributed by atoms with E-state index in [1.54, 1.807) is 0 Å². The molecule has 0 bridgehead atoms. The minimum Gasteiger partial charge on any atom is -0.289 e. The smallest absolute Gasteiger partial charge is 0.261 e. The first-order valence-corrected chi connectivity index (χ1v) is 24.4. The Balaban J connectivity index is 0.000000144. The molecule has 9 heteroatoms. The summed E-state index contributed by atoms with van der Waals surface area (Å²) < 4.78 is 27.9. The Labute approximate surface area is 389 Å². The van der Waals surface area contributed by atoms with Crippen LogP contribution in [0.15, 0.2) is 212 Å². The number of carbonyl (C=O) groups excluding carboxylic acids is 1. The van der Waals surface area contributed by atoms with Gasteiger partial charge in [-0.15, -0.1) is 12.6 Å². The lowest BCUT2D eigenvalue weighted by molar-refractivity contribution is 0.104. The van der Waals surface area contributed by atoms with Crippen molar-refractivity contribution in [2.45, 2.75) is 20.1 Å².